The Balaban J connectivity index is 1.68. The van der Waals surface area contributed by atoms with Gasteiger partial charge in [-0.05, 0) is 41.5 Å². The molecule has 2 amide bonds. The monoisotopic (exact) mass is 468 g/mol. The van der Waals surface area contributed by atoms with Gasteiger partial charge in [0.2, 0.25) is 5.91 Å². The molecule has 0 fully saturated rings. The van der Waals surface area contributed by atoms with E-state index in [9.17, 15) is 19.5 Å². The Morgan fingerprint density at radius 2 is 1.50 bits per heavy atom. The van der Waals surface area contributed by atoms with Crippen molar-refractivity contribution in [3.63, 3.8) is 0 Å². The van der Waals surface area contributed by atoms with Crippen LogP contribution in [0.2, 0.25) is 0 Å². The van der Waals surface area contributed by atoms with Gasteiger partial charge in [0, 0.05) is 13.0 Å². The van der Waals surface area contributed by atoms with Crippen molar-refractivity contribution < 1.29 is 29.0 Å². The zero-order valence-electron chi connectivity index (χ0n) is 19.9. The van der Waals surface area contributed by atoms with Gasteiger partial charge in [-0.1, -0.05) is 62.4 Å². The van der Waals surface area contributed by atoms with Crippen LogP contribution in [0.1, 0.15) is 44.2 Å². The Morgan fingerprint density at radius 3 is 2.00 bits per heavy atom. The highest BCUT2D eigenvalue weighted by atomic mass is 16.5. The molecule has 8 nitrogen and oxygen atoms in total. The van der Waals surface area contributed by atoms with E-state index < -0.39 is 36.2 Å². The van der Waals surface area contributed by atoms with E-state index in [-0.39, 0.29) is 24.9 Å². The van der Waals surface area contributed by atoms with Crippen LogP contribution in [-0.2, 0) is 19.1 Å². The average Bonchev–Trinajstić information content (AvgIpc) is 3.13. The molecule has 2 aromatic carbocycles. The third-order valence-corrected chi connectivity index (χ3v) is 6.06. The number of methoxy groups -OCH3 is 1. The summed E-state index contributed by atoms with van der Waals surface area (Å²) in [5, 5.41) is 14.5. The number of aliphatic carboxylic acids is 1. The fourth-order valence-corrected chi connectivity index (χ4v) is 4.25. The van der Waals surface area contributed by atoms with E-state index in [4.69, 9.17) is 9.47 Å². The second-order valence-electron chi connectivity index (χ2n) is 8.92. The second-order valence-corrected chi connectivity index (χ2v) is 8.92. The summed E-state index contributed by atoms with van der Waals surface area (Å²) in [6, 6.07) is 13.8. The Hall–Kier alpha value is -3.39. The average molecular weight is 469 g/mol. The van der Waals surface area contributed by atoms with Gasteiger partial charge in [0.1, 0.15) is 18.7 Å². The molecule has 3 N–H and O–H groups in total. The van der Waals surface area contributed by atoms with Gasteiger partial charge in [-0.25, -0.2) is 9.59 Å². The summed E-state index contributed by atoms with van der Waals surface area (Å²) in [5.74, 6) is -1.83. The molecule has 0 aliphatic heterocycles. The van der Waals surface area contributed by atoms with E-state index >= 15 is 0 Å². The third kappa shape index (κ3) is 5.75. The maximum Gasteiger partial charge on any atom is 0.407 e. The van der Waals surface area contributed by atoms with Gasteiger partial charge >= 0.3 is 12.1 Å². The van der Waals surface area contributed by atoms with Gasteiger partial charge < -0.3 is 25.2 Å². The van der Waals surface area contributed by atoms with Crippen LogP contribution in [0.25, 0.3) is 11.1 Å². The number of alkyl carbamates (subject to hydrolysis) is 1. The number of nitrogens with one attached hydrogen (secondary N) is 2. The summed E-state index contributed by atoms with van der Waals surface area (Å²) < 4.78 is 10.8. The van der Waals surface area contributed by atoms with Crippen molar-refractivity contribution in [3.8, 4) is 11.1 Å². The summed E-state index contributed by atoms with van der Waals surface area (Å²) in [6.07, 6.45) is -1.21. The number of hydrogen-bond donors (Lipinski definition) is 3. The molecule has 0 radical (unpaired) electrons. The first-order valence-corrected chi connectivity index (χ1v) is 11.4. The lowest BCUT2D eigenvalue weighted by Gasteiger charge is -2.25. The Labute approximate surface area is 199 Å². The molecule has 0 saturated heterocycles. The molecule has 34 heavy (non-hydrogen) atoms. The number of fused-ring (bicyclic) bond motifs is 3. The van der Waals surface area contributed by atoms with Crippen LogP contribution in [0, 0.1) is 5.92 Å². The zero-order chi connectivity index (χ0) is 24.8. The number of benzene rings is 2. The van der Waals surface area contributed by atoms with Crippen molar-refractivity contribution in [2.24, 2.45) is 5.92 Å². The first-order chi connectivity index (χ1) is 16.2. The van der Waals surface area contributed by atoms with Crippen molar-refractivity contribution in [1.82, 2.24) is 10.6 Å². The van der Waals surface area contributed by atoms with Crippen molar-refractivity contribution in [2.75, 3.05) is 13.7 Å². The van der Waals surface area contributed by atoms with Crippen LogP contribution >= 0.6 is 0 Å². The van der Waals surface area contributed by atoms with Crippen LogP contribution < -0.4 is 10.6 Å². The highest BCUT2D eigenvalue weighted by molar-refractivity contribution is 5.89. The molecular weight excluding hydrogens is 436 g/mol. The van der Waals surface area contributed by atoms with Crippen molar-refractivity contribution in [1.29, 1.82) is 0 Å². The first-order valence-electron chi connectivity index (χ1n) is 11.4. The number of carboxylic acids is 1. The predicted octanol–water partition coefficient (Wildman–Crippen LogP) is 3.54. The van der Waals surface area contributed by atoms with Gasteiger partial charge in [-0.2, -0.15) is 0 Å². The number of carboxylic acid groups (broad SMARTS) is 1. The molecular formula is C26H32N2O6. The van der Waals surface area contributed by atoms with E-state index in [1.807, 2.05) is 62.4 Å². The minimum Gasteiger partial charge on any atom is -0.480 e. The molecule has 0 aromatic heterocycles. The molecule has 1 aliphatic rings. The SMILES string of the molecule is CO[C@H](C)[C@H](NC(=O)OCC1c2ccccc2-c2ccccc21)C(=O)N[C@@H](CC(C)C)C(=O)O. The molecule has 182 valence electrons. The largest absolute Gasteiger partial charge is 0.480 e. The number of rotatable bonds is 10. The summed E-state index contributed by atoms with van der Waals surface area (Å²) in [4.78, 5) is 37.1. The number of carbonyl (C=O) groups excluding carboxylic acids is 2. The maximum atomic E-state index is 12.8. The smallest absolute Gasteiger partial charge is 0.407 e. The normalized spacial score (nSPS) is 15.1. The highest BCUT2D eigenvalue weighted by Crippen LogP contribution is 2.44. The van der Waals surface area contributed by atoms with Crippen LogP contribution in [0.5, 0.6) is 0 Å². The number of ether oxygens (including phenoxy) is 2. The lowest BCUT2D eigenvalue weighted by Crippen LogP contribution is -2.56. The Morgan fingerprint density at radius 1 is 0.941 bits per heavy atom. The minimum atomic E-state index is -1.13. The van der Waals surface area contributed by atoms with Crippen molar-refractivity contribution in [2.45, 2.75) is 51.3 Å². The topological polar surface area (TPSA) is 114 Å². The quantitative estimate of drug-likeness (QED) is 0.491. The summed E-state index contributed by atoms with van der Waals surface area (Å²) >= 11 is 0. The van der Waals surface area contributed by atoms with E-state index in [0.29, 0.717) is 0 Å². The lowest BCUT2D eigenvalue weighted by molar-refractivity contribution is -0.143. The van der Waals surface area contributed by atoms with Gasteiger partial charge in [-0.3, -0.25) is 4.79 Å². The molecule has 0 heterocycles. The lowest BCUT2D eigenvalue weighted by atomic mass is 9.98. The molecule has 0 spiro atoms. The number of hydrogen-bond acceptors (Lipinski definition) is 5. The maximum absolute atomic E-state index is 12.8. The minimum absolute atomic E-state index is 0.0646. The number of amides is 2. The summed E-state index contributed by atoms with van der Waals surface area (Å²) in [7, 11) is 1.41. The van der Waals surface area contributed by atoms with E-state index in [0.717, 1.165) is 22.3 Å². The molecule has 3 rings (SSSR count). The van der Waals surface area contributed by atoms with Crippen molar-refractivity contribution >= 4 is 18.0 Å². The fraction of sp³-hybridized carbons (Fsp3) is 0.423. The summed E-state index contributed by atoms with van der Waals surface area (Å²) in [5.41, 5.74) is 4.38. The Bertz CT molecular complexity index is 992. The molecule has 0 unspecified atom stereocenters. The van der Waals surface area contributed by atoms with Crippen LogP contribution in [0.4, 0.5) is 4.79 Å². The standard InChI is InChI=1S/C26H32N2O6/c1-15(2)13-22(25(30)31)27-24(29)23(16(3)33-4)28-26(32)34-14-21-19-11-7-5-9-17(19)18-10-6-8-12-20(18)21/h5-12,15-16,21-23H,13-14H2,1-4H3,(H,27,29)(H,28,32)(H,30,31)/t16-,22+,23+/m1/s1. The molecule has 3 atom stereocenters. The third-order valence-electron chi connectivity index (χ3n) is 6.06. The molecule has 0 saturated carbocycles. The van der Waals surface area contributed by atoms with Crippen LogP contribution in [-0.4, -0.2) is 55.0 Å². The molecule has 1 aliphatic carbocycles. The molecule has 8 heteroatoms. The highest BCUT2D eigenvalue weighted by Gasteiger charge is 2.33. The predicted molar refractivity (Wildman–Crippen MR) is 127 cm³/mol. The van der Waals surface area contributed by atoms with E-state index in [1.54, 1.807) is 6.92 Å². The molecule has 2 aromatic rings. The second kappa shape index (κ2) is 11.2. The zero-order valence-corrected chi connectivity index (χ0v) is 19.9. The summed E-state index contributed by atoms with van der Waals surface area (Å²) in [6.45, 7) is 5.45. The van der Waals surface area contributed by atoms with Gasteiger partial charge in [0.25, 0.3) is 0 Å². The van der Waals surface area contributed by atoms with Crippen LogP contribution in [0.3, 0.4) is 0 Å². The number of carbonyl (C=O) groups is 3. The van der Waals surface area contributed by atoms with Gasteiger partial charge in [-0.15, -0.1) is 0 Å². The fourth-order valence-electron chi connectivity index (χ4n) is 4.25. The van der Waals surface area contributed by atoms with E-state index in [2.05, 4.69) is 10.6 Å². The van der Waals surface area contributed by atoms with E-state index in [1.165, 1.54) is 7.11 Å². The molecule has 0 bridgehead atoms. The van der Waals surface area contributed by atoms with Crippen molar-refractivity contribution in [3.05, 3.63) is 59.7 Å². The van der Waals surface area contributed by atoms with Gasteiger partial charge in [0.05, 0.1) is 6.10 Å². The van der Waals surface area contributed by atoms with Crippen LogP contribution in [0.15, 0.2) is 48.5 Å². The Kier molecular flexibility index (Phi) is 8.28. The van der Waals surface area contributed by atoms with Gasteiger partial charge in [0.15, 0.2) is 0 Å². The first kappa shape index (κ1) is 25.2.